The van der Waals surface area contributed by atoms with Gasteiger partial charge in [-0.3, -0.25) is 4.79 Å². The zero-order valence-electron chi connectivity index (χ0n) is 14.9. The van der Waals surface area contributed by atoms with Crippen molar-refractivity contribution in [1.82, 2.24) is 0 Å². The number of fused-ring (bicyclic) bond motifs is 1. The van der Waals surface area contributed by atoms with Crippen molar-refractivity contribution in [2.75, 3.05) is 6.61 Å². The van der Waals surface area contributed by atoms with Crippen molar-refractivity contribution >= 4 is 18.6 Å². The number of benzene rings is 1. The van der Waals surface area contributed by atoms with Crippen LogP contribution in [0.15, 0.2) is 12.1 Å². The molecule has 0 amide bonds. The fourth-order valence-corrected chi connectivity index (χ4v) is 3.25. The van der Waals surface area contributed by atoms with Crippen LogP contribution < -0.4 is 5.46 Å². The average Bonchev–Trinajstić information content (AvgIpc) is 2.99. The van der Waals surface area contributed by atoms with Crippen LogP contribution in [0.3, 0.4) is 0 Å². The van der Waals surface area contributed by atoms with E-state index in [1.807, 2.05) is 33.8 Å². The van der Waals surface area contributed by atoms with E-state index < -0.39 is 18.3 Å². The Balaban J connectivity index is 1.85. The maximum Gasteiger partial charge on any atom is 0.494 e. The molecule has 4 nitrogen and oxygen atoms in total. The molecule has 24 heavy (non-hydrogen) atoms. The highest BCUT2D eigenvalue weighted by molar-refractivity contribution is 6.62. The molecule has 1 aromatic carbocycles. The number of carbonyl (C=O) groups is 1. The Hall–Kier alpha value is -1.40. The van der Waals surface area contributed by atoms with Gasteiger partial charge in [0.25, 0.3) is 0 Å². The zero-order valence-corrected chi connectivity index (χ0v) is 14.9. The summed E-state index contributed by atoms with van der Waals surface area (Å²) in [5.41, 5.74) is 1.17. The van der Waals surface area contributed by atoms with E-state index in [-0.39, 0.29) is 17.7 Å². The summed E-state index contributed by atoms with van der Waals surface area (Å²) in [6.07, 6.45) is 0.891. The van der Waals surface area contributed by atoms with E-state index in [2.05, 4.69) is 0 Å². The van der Waals surface area contributed by atoms with Gasteiger partial charge in [-0.15, -0.1) is 0 Å². The molecule has 6 heteroatoms. The minimum absolute atomic E-state index is 0.259. The van der Waals surface area contributed by atoms with Crippen LogP contribution in [0, 0.1) is 11.7 Å². The Morgan fingerprint density at radius 3 is 2.46 bits per heavy atom. The van der Waals surface area contributed by atoms with Gasteiger partial charge in [0.05, 0.1) is 23.7 Å². The lowest BCUT2D eigenvalue weighted by molar-refractivity contribution is -0.147. The average molecular weight is 334 g/mol. The lowest BCUT2D eigenvalue weighted by Gasteiger charge is -2.32. The highest BCUT2D eigenvalue weighted by Gasteiger charge is 2.52. The Kier molecular flexibility index (Phi) is 4.25. The number of carbonyl (C=O) groups excluding carboxylic acids is 1. The van der Waals surface area contributed by atoms with Crippen molar-refractivity contribution < 1.29 is 23.2 Å². The minimum atomic E-state index is -0.601. The first kappa shape index (κ1) is 17.4. The van der Waals surface area contributed by atoms with Gasteiger partial charge in [0.2, 0.25) is 0 Å². The first-order valence-corrected chi connectivity index (χ1v) is 8.48. The molecule has 1 aliphatic carbocycles. The molecule has 2 aliphatic rings. The molecule has 0 spiro atoms. The van der Waals surface area contributed by atoms with E-state index in [0.29, 0.717) is 30.5 Å². The normalized spacial score (nSPS) is 24.1. The summed E-state index contributed by atoms with van der Waals surface area (Å²) in [4.78, 5) is 11.9. The predicted molar refractivity (Wildman–Crippen MR) is 89.6 cm³/mol. The van der Waals surface area contributed by atoms with Crippen molar-refractivity contribution in [1.29, 1.82) is 0 Å². The molecular formula is C18H24BFO4. The third kappa shape index (κ3) is 2.86. The van der Waals surface area contributed by atoms with Crippen LogP contribution in [0.5, 0.6) is 0 Å². The molecule has 1 aliphatic heterocycles. The Bertz CT molecular complexity index is 655. The number of esters is 1. The van der Waals surface area contributed by atoms with E-state index in [1.165, 1.54) is 6.07 Å². The van der Waals surface area contributed by atoms with E-state index in [4.69, 9.17) is 14.0 Å². The summed E-state index contributed by atoms with van der Waals surface area (Å²) < 4.78 is 31.6. The summed E-state index contributed by atoms with van der Waals surface area (Å²) in [6, 6.07) is 3.37. The molecule has 1 heterocycles. The topological polar surface area (TPSA) is 44.8 Å². The summed E-state index contributed by atoms with van der Waals surface area (Å²) in [5, 5.41) is 0. The third-order valence-electron chi connectivity index (χ3n) is 5.37. The second-order valence-corrected chi connectivity index (χ2v) is 7.59. The van der Waals surface area contributed by atoms with Gasteiger partial charge in [0.15, 0.2) is 0 Å². The quantitative estimate of drug-likeness (QED) is 0.629. The van der Waals surface area contributed by atoms with Gasteiger partial charge >= 0.3 is 13.1 Å². The molecule has 1 unspecified atom stereocenters. The first-order chi connectivity index (χ1) is 11.1. The number of hydrogen-bond acceptors (Lipinski definition) is 4. The molecule has 0 N–H and O–H groups in total. The predicted octanol–water partition coefficient (Wildman–Crippen LogP) is 2.40. The van der Waals surface area contributed by atoms with Gasteiger partial charge in [-0.25, -0.2) is 4.39 Å². The van der Waals surface area contributed by atoms with Crippen molar-refractivity contribution in [3.05, 3.63) is 29.1 Å². The van der Waals surface area contributed by atoms with Gasteiger partial charge in [-0.05, 0) is 70.1 Å². The van der Waals surface area contributed by atoms with Crippen molar-refractivity contribution in [3.8, 4) is 0 Å². The molecule has 130 valence electrons. The molecule has 0 radical (unpaired) electrons. The molecule has 1 aromatic rings. The Morgan fingerprint density at radius 2 is 1.88 bits per heavy atom. The summed E-state index contributed by atoms with van der Waals surface area (Å²) in [5.74, 6) is -0.864. The molecule has 0 bridgehead atoms. The van der Waals surface area contributed by atoms with Crippen molar-refractivity contribution in [2.24, 2.45) is 5.92 Å². The van der Waals surface area contributed by atoms with Crippen LogP contribution in [0.25, 0.3) is 0 Å². The van der Waals surface area contributed by atoms with Crippen LogP contribution in [0.4, 0.5) is 4.39 Å². The molecule has 1 saturated heterocycles. The second kappa shape index (κ2) is 5.85. The number of rotatable bonds is 3. The molecular weight excluding hydrogens is 310 g/mol. The Labute approximate surface area is 142 Å². The first-order valence-electron chi connectivity index (χ1n) is 8.48. The number of halogens is 1. The van der Waals surface area contributed by atoms with Crippen LogP contribution in [-0.2, 0) is 31.7 Å². The minimum Gasteiger partial charge on any atom is -0.466 e. The summed E-state index contributed by atoms with van der Waals surface area (Å²) >= 11 is 0. The van der Waals surface area contributed by atoms with E-state index in [9.17, 15) is 9.18 Å². The standard InChI is InChI=1S/C18H24BFO4/c1-6-22-16(21)12-7-11-8-13(10-15(20)14(11)9-12)19-23-17(2,3)18(4,5)24-19/h8,10,12H,6-7,9H2,1-5H3. The zero-order chi connectivity index (χ0) is 17.7. The largest absolute Gasteiger partial charge is 0.494 e. The van der Waals surface area contributed by atoms with E-state index >= 15 is 0 Å². The van der Waals surface area contributed by atoms with E-state index in [0.717, 1.165) is 5.56 Å². The molecule has 1 atom stereocenters. The molecule has 0 aromatic heterocycles. The lowest BCUT2D eigenvalue weighted by atomic mass is 9.77. The van der Waals surface area contributed by atoms with Gasteiger partial charge < -0.3 is 14.0 Å². The Morgan fingerprint density at radius 1 is 1.25 bits per heavy atom. The number of ether oxygens (including phenoxy) is 1. The molecule has 3 rings (SSSR count). The monoisotopic (exact) mass is 334 g/mol. The lowest BCUT2D eigenvalue weighted by Crippen LogP contribution is -2.41. The smallest absolute Gasteiger partial charge is 0.466 e. The SMILES string of the molecule is CCOC(=O)C1Cc2cc(B3OC(C)(C)C(C)(C)O3)cc(F)c2C1. The van der Waals surface area contributed by atoms with Gasteiger partial charge in [-0.1, -0.05) is 6.07 Å². The highest BCUT2D eigenvalue weighted by atomic mass is 19.1. The molecule has 1 fully saturated rings. The second-order valence-electron chi connectivity index (χ2n) is 7.59. The third-order valence-corrected chi connectivity index (χ3v) is 5.37. The van der Waals surface area contributed by atoms with Crippen LogP contribution in [0.1, 0.15) is 45.7 Å². The summed E-state index contributed by atoms with van der Waals surface area (Å²) in [7, 11) is -0.601. The van der Waals surface area contributed by atoms with Crippen molar-refractivity contribution in [3.63, 3.8) is 0 Å². The van der Waals surface area contributed by atoms with Crippen LogP contribution >= 0.6 is 0 Å². The molecule has 0 saturated carbocycles. The van der Waals surface area contributed by atoms with Gasteiger partial charge in [-0.2, -0.15) is 0 Å². The fourth-order valence-electron chi connectivity index (χ4n) is 3.25. The fraction of sp³-hybridized carbons (Fsp3) is 0.611. The van der Waals surface area contributed by atoms with Gasteiger partial charge in [0.1, 0.15) is 5.82 Å². The summed E-state index contributed by atoms with van der Waals surface area (Å²) in [6.45, 7) is 9.98. The van der Waals surface area contributed by atoms with Gasteiger partial charge in [0, 0.05) is 0 Å². The highest BCUT2D eigenvalue weighted by Crippen LogP contribution is 2.37. The van der Waals surface area contributed by atoms with Crippen LogP contribution in [0.2, 0.25) is 0 Å². The van der Waals surface area contributed by atoms with Crippen molar-refractivity contribution in [2.45, 2.75) is 58.7 Å². The van der Waals surface area contributed by atoms with Crippen LogP contribution in [-0.4, -0.2) is 30.9 Å². The maximum absolute atomic E-state index is 14.5. The number of hydrogen-bond donors (Lipinski definition) is 0. The maximum atomic E-state index is 14.5. The van der Waals surface area contributed by atoms with E-state index in [1.54, 1.807) is 6.92 Å².